The van der Waals surface area contributed by atoms with E-state index in [0.717, 1.165) is 45.8 Å². The van der Waals surface area contributed by atoms with E-state index in [2.05, 4.69) is 47.6 Å². The molecule has 0 aromatic carbocycles. The Morgan fingerprint density at radius 2 is 1.20 bits per heavy atom. The Morgan fingerprint density at radius 1 is 0.707 bits per heavy atom. The largest absolute Gasteiger partial charge is 0.379 e. The molecule has 1 atom stereocenters. The fraction of sp³-hybridized carbons (Fsp3) is 0.971. The van der Waals surface area contributed by atoms with E-state index in [1.807, 2.05) is 0 Å². The van der Waals surface area contributed by atoms with Gasteiger partial charge in [0.15, 0.2) is 0 Å². The number of carbonyl (C=O) groups excluding carboxylic acids is 1. The summed E-state index contributed by atoms with van der Waals surface area (Å²) in [5.74, 6) is 4.00. The number of carbonyl (C=O) groups is 1. The monoisotopic (exact) mass is 614 g/mol. The van der Waals surface area contributed by atoms with Crippen molar-refractivity contribution in [3.63, 3.8) is 0 Å². The molecular weight excluding hydrogens is 545 g/mol. The minimum atomic E-state index is 0.238. The highest BCUT2D eigenvalue weighted by molar-refractivity contribution is 8.03. The number of unbranched alkanes of at least 4 members (excludes halogenated alkanes) is 18. The number of ether oxygens (including phenoxy) is 1. The lowest BCUT2D eigenvalue weighted by Gasteiger charge is -2.26. The Kier molecular flexibility index (Phi) is 30.1. The van der Waals surface area contributed by atoms with Crippen LogP contribution in [0.15, 0.2) is 0 Å². The first kappa shape index (κ1) is 39.1. The minimum Gasteiger partial charge on any atom is -0.379 e. The Balaban J connectivity index is 2.15. The summed E-state index contributed by atoms with van der Waals surface area (Å²) >= 11 is 4.29. The van der Waals surface area contributed by atoms with Gasteiger partial charge in [-0.2, -0.15) is 23.5 Å². The Morgan fingerprint density at radius 3 is 1.73 bits per heavy atom. The number of hydrogen-bond donors (Lipinski definition) is 1. The van der Waals surface area contributed by atoms with Crippen molar-refractivity contribution >= 4 is 29.4 Å². The molecular formula is C35H70N2O2S2. The summed E-state index contributed by atoms with van der Waals surface area (Å²) in [6, 6.07) is 0. The van der Waals surface area contributed by atoms with Gasteiger partial charge in [-0.05, 0) is 30.8 Å². The number of thioether (sulfide) groups is 2. The van der Waals surface area contributed by atoms with Crippen LogP contribution in [0.25, 0.3) is 0 Å². The standard InChI is InChI=1S/C35H70N2O2S2/c1-3-5-7-9-11-13-15-17-19-21-31-40-33-34(41-32-22-20-18-16-14-12-10-8-6-4-2)23-24-35(38)36-25-26-37-27-29-39-30-28-37/h34H,3-33H2,1-2H3,(H,36,38). The van der Waals surface area contributed by atoms with Gasteiger partial charge in [0, 0.05) is 43.6 Å². The van der Waals surface area contributed by atoms with Crippen molar-refractivity contribution in [2.45, 2.75) is 160 Å². The summed E-state index contributed by atoms with van der Waals surface area (Å²) in [5.41, 5.74) is 0. The molecule has 1 aliphatic heterocycles. The number of amides is 1. The van der Waals surface area contributed by atoms with E-state index in [0.29, 0.717) is 11.7 Å². The molecule has 1 heterocycles. The maximum absolute atomic E-state index is 12.6. The molecule has 0 aromatic heterocycles. The molecule has 244 valence electrons. The fourth-order valence-electron chi connectivity index (χ4n) is 5.52. The van der Waals surface area contributed by atoms with Crippen LogP contribution in [0.4, 0.5) is 0 Å². The Labute approximate surface area is 265 Å². The molecule has 0 spiro atoms. The molecule has 1 unspecified atom stereocenters. The van der Waals surface area contributed by atoms with Crippen LogP contribution in [-0.4, -0.2) is 72.7 Å². The van der Waals surface area contributed by atoms with Crippen LogP contribution >= 0.6 is 23.5 Å². The SMILES string of the molecule is CCCCCCCCCCCCSCC(CCC(=O)NCCN1CCOCC1)SCCCCCCCCCCCC. The van der Waals surface area contributed by atoms with Gasteiger partial charge in [-0.25, -0.2) is 0 Å². The van der Waals surface area contributed by atoms with Crippen LogP contribution < -0.4 is 5.32 Å². The van der Waals surface area contributed by atoms with Crippen LogP contribution in [0.2, 0.25) is 0 Å². The summed E-state index contributed by atoms with van der Waals surface area (Å²) in [5, 5.41) is 3.79. The first-order valence-corrected chi connectivity index (χ1v) is 20.2. The van der Waals surface area contributed by atoms with E-state index in [4.69, 9.17) is 4.74 Å². The third-order valence-electron chi connectivity index (χ3n) is 8.34. The van der Waals surface area contributed by atoms with Crippen molar-refractivity contribution in [2.75, 3.05) is 56.7 Å². The lowest BCUT2D eigenvalue weighted by molar-refractivity contribution is -0.121. The van der Waals surface area contributed by atoms with Crippen molar-refractivity contribution in [3.8, 4) is 0 Å². The summed E-state index contributed by atoms with van der Waals surface area (Å²) in [6.07, 6.45) is 29.8. The van der Waals surface area contributed by atoms with Crippen LogP contribution in [0.3, 0.4) is 0 Å². The number of hydrogen-bond acceptors (Lipinski definition) is 5. The summed E-state index contributed by atoms with van der Waals surface area (Å²) in [6.45, 7) is 9.92. The number of nitrogens with one attached hydrogen (secondary N) is 1. The highest BCUT2D eigenvalue weighted by Crippen LogP contribution is 2.24. The van der Waals surface area contributed by atoms with Crippen LogP contribution in [0, 0.1) is 0 Å². The van der Waals surface area contributed by atoms with Crippen LogP contribution in [0.1, 0.15) is 155 Å². The zero-order chi connectivity index (χ0) is 29.5. The average Bonchev–Trinajstić information content (AvgIpc) is 2.99. The van der Waals surface area contributed by atoms with E-state index in [-0.39, 0.29) is 5.91 Å². The first-order valence-electron chi connectivity index (χ1n) is 18.0. The van der Waals surface area contributed by atoms with Gasteiger partial charge in [0.25, 0.3) is 0 Å². The second-order valence-corrected chi connectivity index (χ2v) is 14.8. The second kappa shape index (κ2) is 31.5. The van der Waals surface area contributed by atoms with E-state index in [1.165, 1.54) is 146 Å². The topological polar surface area (TPSA) is 41.6 Å². The smallest absolute Gasteiger partial charge is 0.220 e. The molecule has 1 N–H and O–H groups in total. The van der Waals surface area contributed by atoms with E-state index in [9.17, 15) is 4.79 Å². The summed E-state index contributed by atoms with van der Waals surface area (Å²) < 4.78 is 5.42. The van der Waals surface area contributed by atoms with E-state index >= 15 is 0 Å². The van der Waals surface area contributed by atoms with Crippen molar-refractivity contribution in [1.82, 2.24) is 10.2 Å². The Bertz CT molecular complexity index is 546. The Hall–Kier alpha value is 0.0900. The van der Waals surface area contributed by atoms with Gasteiger partial charge in [0.1, 0.15) is 0 Å². The molecule has 1 fully saturated rings. The average molecular weight is 615 g/mol. The summed E-state index contributed by atoms with van der Waals surface area (Å²) in [7, 11) is 0. The van der Waals surface area contributed by atoms with Crippen molar-refractivity contribution in [2.24, 2.45) is 0 Å². The highest BCUT2D eigenvalue weighted by atomic mass is 32.2. The molecule has 6 heteroatoms. The fourth-order valence-corrected chi connectivity index (χ4v) is 8.19. The third kappa shape index (κ3) is 27.4. The molecule has 4 nitrogen and oxygen atoms in total. The van der Waals surface area contributed by atoms with Crippen molar-refractivity contribution < 1.29 is 9.53 Å². The quantitative estimate of drug-likeness (QED) is 0.0787. The van der Waals surface area contributed by atoms with Crippen molar-refractivity contribution in [1.29, 1.82) is 0 Å². The second-order valence-electron chi connectivity index (χ2n) is 12.3. The zero-order valence-electron chi connectivity index (χ0n) is 27.6. The van der Waals surface area contributed by atoms with Crippen molar-refractivity contribution in [3.05, 3.63) is 0 Å². The van der Waals surface area contributed by atoms with Gasteiger partial charge in [-0.1, -0.05) is 129 Å². The predicted molar refractivity (Wildman–Crippen MR) is 187 cm³/mol. The lowest BCUT2D eigenvalue weighted by Crippen LogP contribution is -2.41. The maximum Gasteiger partial charge on any atom is 0.220 e. The molecule has 1 saturated heterocycles. The predicted octanol–water partition coefficient (Wildman–Crippen LogP) is 9.89. The number of morpholine rings is 1. The molecule has 0 aliphatic carbocycles. The maximum atomic E-state index is 12.6. The van der Waals surface area contributed by atoms with Crippen LogP contribution in [0.5, 0.6) is 0 Å². The van der Waals surface area contributed by atoms with E-state index < -0.39 is 0 Å². The number of nitrogens with zero attached hydrogens (tertiary/aromatic N) is 1. The van der Waals surface area contributed by atoms with E-state index in [1.54, 1.807) is 0 Å². The highest BCUT2D eigenvalue weighted by Gasteiger charge is 2.14. The van der Waals surface area contributed by atoms with Gasteiger partial charge in [-0.15, -0.1) is 0 Å². The molecule has 0 bridgehead atoms. The third-order valence-corrected chi connectivity index (χ3v) is 11.2. The van der Waals surface area contributed by atoms with Gasteiger partial charge in [-0.3, -0.25) is 9.69 Å². The van der Waals surface area contributed by atoms with Gasteiger partial charge < -0.3 is 10.1 Å². The van der Waals surface area contributed by atoms with Gasteiger partial charge in [0.2, 0.25) is 5.91 Å². The molecule has 0 aromatic rings. The molecule has 41 heavy (non-hydrogen) atoms. The molecule has 1 aliphatic rings. The van der Waals surface area contributed by atoms with Gasteiger partial charge >= 0.3 is 0 Å². The zero-order valence-corrected chi connectivity index (χ0v) is 29.2. The normalized spacial score (nSPS) is 14.9. The molecule has 0 radical (unpaired) electrons. The lowest BCUT2D eigenvalue weighted by atomic mass is 10.1. The minimum absolute atomic E-state index is 0.238. The van der Waals surface area contributed by atoms with Gasteiger partial charge in [0.05, 0.1) is 13.2 Å². The number of rotatable bonds is 31. The summed E-state index contributed by atoms with van der Waals surface area (Å²) in [4.78, 5) is 14.9. The molecule has 1 amide bonds. The van der Waals surface area contributed by atoms with Crippen LogP contribution in [-0.2, 0) is 9.53 Å². The molecule has 0 saturated carbocycles. The first-order chi connectivity index (χ1) is 20.3. The molecule has 1 rings (SSSR count).